The van der Waals surface area contributed by atoms with Crippen LogP contribution in [0.4, 0.5) is 8.78 Å². The van der Waals surface area contributed by atoms with E-state index in [1.165, 1.54) is 24.3 Å². The normalized spacial score (nSPS) is 11.4. The van der Waals surface area contributed by atoms with Crippen LogP contribution in [0.1, 0.15) is 22.6 Å². The lowest BCUT2D eigenvalue weighted by Gasteiger charge is -2.14. The minimum absolute atomic E-state index is 0.0567. The zero-order valence-corrected chi connectivity index (χ0v) is 10.8. The standard InChI is InChI=1S/C15H7ClF2N2/c16-12-4-2-6-14(18)15(12)11(8-20)9-3-1-5-13(17)10(9)7-19/h1-6,11H/t11-/m1/s1. The minimum Gasteiger partial charge on any atom is -0.207 e. The molecular formula is C15H7ClF2N2. The minimum atomic E-state index is -1.14. The van der Waals surface area contributed by atoms with Crippen molar-refractivity contribution in [2.75, 3.05) is 0 Å². The summed E-state index contributed by atoms with van der Waals surface area (Å²) in [6, 6.07) is 11.5. The van der Waals surface area contributed by atoms with Gasteiger partial charge in [-0.1, -0.05) is 29.8 Å². The van der Waals surface area contributed by atoms with E-state index in [-0.39, 0.29) is 21.7 Å². The van der Waals surface area contributed by atoms with Gasteiger partial charge in [-0.2, -0.15) is 10.5 Å². The third-order valence-electron chi connectivity index (χ3n) is 2.89. The van der Waals surface area contributed by atoms with Crippen LogP contribution < -0.4 is 0 Å². The Kier molecular flexibility index (Phi) is 3.98. The molecule has 0 unspecified atom stereocenters. The predicted molar refractivity (Wildman–Crippen MR) is 70.0 cm³/mol. The number of benzene rings is 2. The van der Waals surface area contributed by atoms with E-state index < -0.39 is 17.6 Å². The highest BCUT2D eigenvalue weighted by Crippen LogP contribution is 2.34. The van der Waals surface area contributed by atoms with Gasteiger partial charge in [-0.05, 0) is 23.8 Å². The Bertz CT molecular complexity index is 724. The fraction of sp³-hybridized carbons (Fsp3) is 0.0667. The first-order chi connectivity index (χ1) is 9.60. The first-order valence-electron chi connectivity index (χ1n) is 5.62. The maximum absolute atomic E-state index is 13.9. The van der Waals surface area contributed by atoms with Crippen LogP contribution in [-0.2, 0) is 0 Å². The first-order valence-corrected chi connectivity index (χ1v) is 6.00. The van der Waals surface area contributed by atoms with Crippen molar-refractivity contribution in [2.45, 2.75) is 5.92 Å². The summed E-state index contributed by atoms with van der Waals surface area (Å²) >= 11 is 5.92. The summed E-state index contributed by atoms with van der Waals surface area (Å²) in [7, 11) is 0. The van der Waals surface area contributed by atoms with E-state index in [2.05, 4.69) is 0 Å². The topological polar surface area (TPSA) is 47.6 Å². The molecule has 0 saturated carbocycles. The van der Waals surface area contributed by atoms with Crippen LogP contribution in [-0.4, -0.2) is 0 Å². The van der Waals surface area contributed by atoms with E-state index in [4.69, 9.17) is 16.9 Å². The van der Waals surface area contributed by atoms with Crippen LogP contribution in [0.2, 0.25) is 5.02 Å². The second-order valence-electron chi connectivity index (χ2n) is 4.01. The van der Waals surface area contributed by atoms with E-state index in [0.29, 0.717) is 0 Å². The fourth-order valence-corrected chi connectivity index (χ4v) is 2.25. The van der Waals surface area contributed by atoms with Crippen molar-refractivity contribution in [3.05, 3.63) is 69.7 Å². The molecule has 0 amide bonds. The molecule has 0 aliphatic carbocycles. The molecule has 2 rings (SSSR count). The Labute approximate surface area is 119 Å². The molecule has 0 spiro atoms. The summed E-state index contributed by atoms with van der Waals surface area (Å²) in [5.74, 6) is -2.57. The Morgan fingerprint density at radius 1 is 1.00 bits per heavy atom. The molecule has 1 atom stereocenters. The molecule has 0 aliphatic rings. The van der Waals surface area contributed by atoms with E-state index in [1.54, 1.807) is 6.07 Å². The number of nitrogens with zero attached hydrogens (tertiary/aromatic N) is 2. The Balaban J connectivity index is 2.70. The zero-order valence-electron chi connectivity index (χ0n) is 10.1. The van der Waals surface area contributed by atoms with Crippen LogP contribution in [0.15, 0.2) is 36.4 Å². The van der Waals surface area contributed by atoms with E-state index in [9.17, 15) is 14.0 Å². The maximum Gasteiger partial charge on any atom is 0.141 e. The molecule has 2 nitrogen and oxygen atoms in total. The van der Waals surface area contributed by atoms with Gasteiger partial charge in [-0.25, -0.2) is 8.78 Å². The lowest BCUT2D eigenvalue weighted by molar-refractivity contribution is 0.605. The number of hydrogen-bond donors (Lipinski definition) is 0. The molecule has 0 heterocycles. The third-order valence-corrected chi connectivity index (χ3v) is 3.22. The molecule has 0 saturated heterocycles. The Morgan fingerprint density at radius 3 is 2.25 bits per heavy atom. The summed E-state index contributed by atoms with van der Waals surface area (Å²) in [6.45, 7) is 0. The van der Waals surface area contributed by atoms with Crippen molar-refractivity contribution in [3.63, 3.8) is 0 Å². The van der Waals surface area contributed by atoms with Crippen molar-refractivity contribution in [1.82, 2.24) is 0 Å². The van der Waals surface area contributed by atoms with Gasteiger partial charge in [-0.3, -0.25) is 0 Å². The van der Waals surface area contributed by atoms with Gasteiger partial charge >= 0.3 is 0 Å². The average molecular weight is 289 g/mol. The highest BCUT2D eigenvalue weighted by molar-refractivity contribution is 6.31. The number of rotatable bonds is 2. The van der Waals surface area contributed by atoms with Gasteiger partial charge in [0, 0.05) is 10.6 Å². The van der Waals surface area contributed by atoms with Gasteiger partial charge in [0.05, 0.1) is 11.6 Å². The molecule has 0 bridgehead atoms. The average Bonchev–Trinajstić information content (AvgIpc) is 2.43. The van der Waals surface area contributed by atoms with Crippen LogP contribution in [0, 0.1) is 34.3 Å². The zero-order chi connectivity index (χ0) is 14.7. The maximum atomic E-state index is 13.9. The predicted octanol–water partition coefficient (Wildman–Crippen LogP) is 4.15. The Morgan fingerprint density at radius 2 is 1.65 bits per heavy atom. The molecule has 0 fully saturated rings. The number of hydrogen-bond acceptors (Lipinski definition) is 2. The molecule has 2 aromatic rings. The fourth-order valence-electron chi connectivity index (χ4n) is 1.98. The molecule has 0 radical (unpaired) electrons. The van der Waals surface area contributed by atoms with E-state index >= 15 is 0 Å². The van der Waals surface area contributed by atoms with Gasteiger partial charge in [0.2, 0.25) is 0 Å². The highest BCUT2D eigenvalue weighted by atomic mass is 35.5. The molecule has 5 heteroatoms. The SMILES string of the molecule is N#Cc1c(F)cccc1[C@@H](C#N)c1c(F)cccc1Cl. The second-order valence-corrected chi connectivity index (χ2v) is 4.42. The Hall–Kier alpha value is -2.43. The molecule has 2 aromatic carbocycles. The van der Waals surface area contributed by atoms with Crippen molar-refractivity contribution >= 4 is 11.6 Å². The van der Waals surface area contributed by atoms with Crippen LogP contribution in [0.5, 0.6) is 0 Å². The molecule has 0 aliphatic heterocycles. The summed E-state index contributed by atoms with van der Waals surface area (Å²) in [5, 5.41) is 18.3. The van der Waals surface area contributed by atoms with Crippen molar-refractivity contribution in [1.29, 1.82) is 10.5 Å². The molecular weight excluding hydrogens is 282 g/mol. The lowest BCUT2D eigenvalue weighted by Crippen LogP contribution is -2.06. The van der Waals surface area contributed by atoms with Gasteiger partial charge in [0.15, 0.2) is 0 Å². The monoisotopic (exact) mass is 288 g/mol. The van der Waals surface area contributed by atoms with Gasteiger partial charge in [-0.15, -0.1) is 0 Å². The van der Waals surface area contributed by atoms with E-state index in [0.717, 1.165) is 12.1 Å². The van der Waals surface area contributed by atoms with Crippen LogP contribution in [0.3, 0.4) is 0 Å². The van der Waals surface area contributed by atoms with Gasteiger partial charge in [0.25, 0.3) is 0 Å². The molecule has 0 N–H and O–H groups in total. The van der Waals surface area contributed by atoms with Gasteiger partial charge < -0.3 is 0 Å². The van der Waals surface area contributed by atoms with Gasteiger partial charge in [0.1, 0.15) is 23.6 Å². The largest absolute Gasteiger partial charge is 0.207 e. The van der Waals surface area contributed by atoms with Crippen LogP contribution >= 0.6 is 11.6 Å². The highest BCUT2D eigenvalue weighted by Gasteiger charge is 2.24. The lowest BCUT2D eigenvalue weighted by atomic mass is 9.89. The van der Waals surface area contributed by atoms with Crippen molar-refractivity contribution in [2.24, 2.45) is 0 Å². The molecule has 0 aromatic heterocycles. The number of nitriles is 2. The quantitative estimate of drug-likeness (QED) is 0.833. The first kappa shape index (κ1) is 14.0. The van der Waals surface area contributed by atoms with E-state index in [1.807, 2.05) is 6.07 Å². The van der Waals surface area contributed by atoms with Crippen molar-refractivity contribution in [3.8, 4) is 12.1 Å². The summed E-state index contributed by atoms with van der Waals surface area (Å²) in [6.07, 6.45) is 0. The summed E-state index contributed by atoms with van der Waals surface area (Å²) in [4.78, 5) is 0. The molecule has 98 valence electrons. The smallest absolute Gasteiger partial charge is 0.141 e. The van der Waals surface area contributed by atoms with Crippen molar-refractivity contribution < 1.29 is 8.78 Å². The number of halogens is 3. The summed E-state index contributed by atoms with van der Waals surface area (Å²) < 4.78 is 27.5. The molecule has 20 heavy (non-hydrogen) atoms. The van der Waals surface area contributed by atoms with Crippen LogP contribution in [0.25, 0.3) is 0 Å². The summed E-state index contributed by atoms with van der Waals surface area (Å²) in [5.41, 5.74) is -0.237. The third kappa shape index (κ3) is 2.34. The second kappa shape index (κ2) is 5.69.